The maximum Gasteiger partial charge on any atom is 0.175 e. The molecule has 0 radical (unpaired) electrons. The molecule has 0 aliphatic carbocycles. The van der Waals surface area contributed by atoms with Crippen LogP contribution in [0, 0.1) is 5.92 Å². The normalized spacial score (nSPS) is 27.2. The summed E-state index contributed by atoms with van der Waals surface area (Å²) in [6.07, 6.45) is 3.52. The number of aliphatic hydroxyl groups is 2. The van der Waals surface area contributed by atoms with Gasteiger partial charge in [0.25, 0.3) is 0 Å². The van der Waals surface area contributed by atoms with Crippen LogP contribution in [-0.4, -0.2) is 39.6 Å². The molecule has 1 aliphatic heterocycles. The van der Waals surface area contributed by atoms with Gasteiger partial charge in [-0.05, 0) is 37.7 Å². The van der Waals surface area contributed by atoms with Gasteiger partial charge in [0.2, 0.25) is 0 Å². The quantitative estimate of drug-likeness (QED) is 0.567. The first-order valence-corrected chi connectivity index (χ1v) is 10.3. The average Bonchev–Trinajstić information content (AvgIpc) is 3.00. The van der Waals surface area contributed by atoms with Gasteiger partial charge in [0.05, 0.1) is 23.6 Å². The molecule has 0 aromatic heterocycles. The monoisotopic (exact) mass is 414 g/mol. The molecule has 1 saturated heterocycles. The van der Waals surface area contributed by atoms with Gasteiger partial charge >= 0.3 is 0 Å². The molecule has 0 bridgehead atoms. The lowest BCUT2D eigenvalue weighted by Gasteiger charge is -2.31. The highest BCUT2D eigenvalue weighted by atomic mass is 79.9. The van der Waals surface area contributed by atoms with E-state index >= 15 is 0 Å². The third-order valence-corrected chi connectivity index (χ3v) is 5.83. The van der Waals surface area contributed by atoms with Crippen molar-refractivity contribution in [2.45, 2.75) is 70.1 Å². The molecule has 0 spiro atoms. The van der Waals surface area contributed by atoms with Crippen LogP contribution in [0.3, 0.4) is 0 Å². The topological polar surface area (TPSA) is 58.9 Å². The highest BCUT2D eigenvalue weighted by molar-refractivity contribution is 9.09. The second-order valence-corrected chi connectivity index (χ2v) is 8.14. The standard InChI is InChI=1S/C20H31BrO4/c1-16(13-24-14-17-8-4-3-5-9-17)7-6-11-19(2,22)18-10-12-20(23,15-21)25-18/h3-5,8-9,16,18,22-23H,6-7,10-15H2,1-2H3. The highest BCUT2D eigenvalue weighted by Gasteiger charge is 2.45. The second-order valence-electron chi connectivity index (χ2n) is 7.58. The van der Waals surface area contributed by atoms with E-state index in [2.05, 4.69) is 35.0 Å². The molecule has 1 fully saturated rings. The van der Waals surface area contributed by atoms with Crippen LogP contribution in [-0.2, 0) is 16.1 Å². The minimum Gasteiger partial charge on any atom is -0.387 e. The highest BCUT2D eigenvalue weighted by Crippen LogP contribution is 2.37. The summed E-state index contributed by atoms with van der Waals surface area (Å²) in [7, 11) is 0. The van der Waals surface area contributed by atoms with Gasteiger partial charge in [-0.25, -0.2) is 0 Å². The molecule has 4 nitrogen and oxygen atoms in total. The zero-order chi connectivity index (χ0) is 18.3. The van der Waals surface area contributed by atoms with Crippen molar-refractivity contribution >= 4 is 15.9 Å². The molecule has 2 N–H and O–H groups in total. The summed E-state index contributed by atoms with van der Waals surface area (Å²) in [6.45, 7) is 5.35. The van der Waals surface area contributed by atoms with E-state index in [1.165, 1.54) is 5.56 Å². The molecule has 0 amide bonds. The molecule has 5 heteroatoms. The molecule has 4 atom stereocenters. The maximum atomic E-state index is 10.7. The van der Waals surface area contributed by atoms with Gasteiger partial charge in [0.1, 0.15) is 0 Å². The predicted molar refractivity (Wildman–Crippen MR) is 103 cm³/mol. The molecular weight excluding hydrogens is 384 g/mol. The fourth-order valence-corrected chi connectivity index (χ4v) is 3.69. The molecule has 142 valence electrons. The van der Waals surface area contributed by atoms with Gasteiger partial charge < -0.3 is 19.7 Å². The van der Waals surface area contributed by atoms with Crippen molar-refractivity contribution in [2.75, 3.05) is 11.9 Å². The van der Waals surface area contributed by atoms with Crippen molar-refractivity contribution in [1.29, 1.82) is 0 Å². The number of rotatable bonds is 10. The summed E-state index contributed by atoms with van der Waals surface area (Å²) in [5.41, 5.74) is 0.285. The number of ether oxygens (including phenoxy) is 2. The van der Waals surface area contributed by atoms with Crippen LogP contribution in [0.15, 0.2) is 30.3 Å². The Hall–Kier alpha value is -0.460. The van der Waals surface area contributed by atoms with Gasteiger partial charge in [-0.3, -0.25) is 0 Å². The number of hydrogen-bond acceptors (Lipinski definition) is 4. The second kappa shape index (κ2) is 9.47. The van der Waals surface area contributed by atoms with Crippen LogP contribution < -0.4 is 0 Å². The average molecular weight is 415 g/mol. The van der Waals surface area contributed by atoms with Gasteiger partial charge in [-0.1, -0.05) is 59.6 Å². The number of halogens is 1. The largest absolute Gasteiger partial charge is 0.387 e. The van der Waals surface area contributed by atoms with Crippen molar-refractivity contribution < 1.29 is 19.7 Å². The number of benzene rings is 1. The van der Waals surface area contributed by atoms with Gasteiger partial charge in [0.15, 0.2) is 5.79 Å². The fourth-order valence-electron chi connectivity index (χ4n) is 3.28. The smallest absolute Gasteiger partial charge is 0.175 e. The third-order valence-electron chi connectivity index (χ3n) is 4.96. The van der Waals surface area contributed by atoms with Crippen molar-refractivity contribution in [1.82, 2.24) is 0 Å². The Kier molecular flexibility index (Phi) is 7.90. The first-order chi connectivity index (χ1) is 11.8. The molecule has 4 unspecified atom stereocenters. The third kappa shape index (κ3) is 6.65. The van der Waals surface area contributed by atoms with Crippen LogP contribution in [0.1, 0.15) is 51.5 Å². The van der Waals surface area contributed by atoms with Gasteiger partial charge in [0, 0.05) is 13.0 Å². The zero-order valence-electron chi connectivity index (χ0n) is 15.3. The minimum absolute atomic E-state index is 0.306. The van der Waals surface area contributed by atoms with E-state index < -0.39 is 11.4 Å². The fraction of sp³-hybridized carbons (Fsp3) is 0.700. The molecule has 1 aromatic rings. The summed E-state index contributed by atoms with van der Waals surface area (Å²) in [5.74, 6) is -0.684. The summed E-state index contributed by atoms with van der Waals surface area (Å²) >= 11 is 3.27. The van der Waals surface area contributed by atoms with E-state index in [9.17, 15) is 10.2 Å². The molecule has 1 aliphatic rings. The molecule has 1 aromatic carbocycles. The molecular formula is C20H31BrO4. The lowest BCUT2D eigenvalue weighted by atomic mass is 9.89. The van der Waals surface area contributed by atoms with Crippen molar-refractivity contribution in [3.8, 4) is 0 Å². The Morgan fingerprint density at radius 1 is 1.40 bits per heavy atom. The van der Waals surface area contributed by atoms with Crippen LogP contribution in [0.25, 0.3) is 0 Å². The lowest BCUT2D eigenvalue weighted by molar-refractivity contribution is -0.210. The van der Waals surface area contributed by atoms with Gasteiger partial charge in [-0.2, -0.15) is 0 Å². The van der Waals surface area contributed by atoms with E-state index in [-0.39, 0.29) is 6.10 Å². The SMILES string of the molecule is CC(CCCC(C)(O)C1CCC(O)(CBr)O1)COCc1ccccc1. The molecule has 25 heavy (non-hydrogen) atoms. The molecule has 1 heterocycles. The number of hydrogen-bond donors (Lipinski definition) is 2. The van der Waals surface area contributed by atoms with Crippen LogP contribution in [0.5, 0.6) is 0 Å². The predicted octanol–water partition coefficient (Wildman–Crippen LogP) is 4.02. The van der Waals surface area contributed by atoms with E-state index in [1.54, 1.807) is 0 Å². The number of alkyl halides is 1. The van der Waals surface area contributed by atoms with Crippen LogP contribution >= 0.6 is 15.9 Å². The van der Waals surface area contributed by atoms with E-state index in [0.717, 1.165) is 19.4 Å². The Bertz CT molecular complexity index is 508. The minimum atomic E-state index is -1.13. The van der Waals surface area contributed by atoms with Crippen LogP contribution in [0.4, 0.5) is 0 Å². The summed E-state index contributed by atoms with van der Waals surface area (Å²) < 4.78 is 11.4. The summed E-state index contributed by atoms with van der Waals surface area (Å²) in [6, 6.07) is 10.2. The van der Waals surface area contributed by atoms with Crippen molar-refractivity contribution in [3.05, 3.63) is 35.9 Å². The summed E-state index contributed by atoms with van der Waals surface area (Å²) in [5, 5.41) is 21.2. The molecule has 2 rings (SSSR count). The van der Waals surface area contributed by atoms with Gasteiger partial charge in [-0.15, -0.1) is 0 Å². The lowest BCUT2D eigenvalue weighted by Crippen LogP contribution is -2.42. The first-order valence-electron chi connectivity index (χ1n) is 9.15. The van der Waals surface area contributed by atoms with E-state index in [1.807, 2.05) is 25.1 Å². The Labute approximate surface area is 159 Å². The van der Waals surface area contributed by atoms with Crippen molar-refractivity contribution in [2.24, 2.45) is 5.92 Å². The first kappa shape index (κ1) is 20.8. The van der Waals surface area contributed by atoms with Crippen LogP contribution in [0.2, 0.25) is 0 Å². The van der Waals surface area contributed by atoms with E-state index in [4.69, 9.17) is 9.47 Å². The Morgan fingerprint density at radius 3 is 2.76 bits per heavy atom. The Morgan fingerprint density at radius 2 is 2.12 bits per heavy atom. The maximum absolute atomic E-state index is 10.7. The van der Waals surface area contributed by atoms with Crippen molar-refractivity contribution in [3.63, 3.8) is 0 Å². The zero-order valence-corrected chi connectivity index (χ0v) is 16.9. The molecule has 0 saturated carbocycles. The summed E-state index contributed by atoms with van der Waals surface area (Å²) in [4.78, 5) is 0. The Balaban J connectivity index is 1.64. The van der Waals surface area contributed by atoms with E-state index in [0.29, 0.717) is 37.1 Å².